The van der Waals surface area contributed by atoms with E-state index in [2.05, 4.69) is 35.3 Å². The number of carbonyl (C=O) groups excluding carboxylic acids is 1. The molecule has 21 heavy (non-hydrogen) atoms. The van der Waals surface area contributed by atoms with Crippen molar-refractivity contribution in [2.24, 2.45) is 0 Å². The number of piperazine rings is 1. The van der Waals surface area contributed by atoms with Crippen molar-refractivity contribution >= 4 is 5.91 Å². The summed E-state index contributed by atoms with van der Waals surface area (Å²) in [6, 6.07) is 0.914. The number of amides is 1. The standard InChI is InChI=1S/C17H31N3O/c1-6-14-12-20(15(7-2)11-18-14)13-16(21)19-17(8-3,9-4)10-5/h3,14-15,18H,6-7,9-13H2,1-2,4-5H3,(H,19,21). The summed E-state index contributed by atoms with van der Waals surface area (Å²) < 4.78 is 0. The number of terminal acetylenes is 1. The number of carbonyl (C=O) groups is 1. The van der Waals surface area contributed by atoms with E-state index < -0.39 is 5.54 Å². The Balaban J connectivity index is 2.65. The molecule has 0 radical (unpaired) electrons. The molecule has 2 unspecified atom stereocenters. The number of hydrogen-bond donors (Lipinski definition) is 2. The van der Waals surface area contributed by atoms with Gasteiger partial charge in [0.25, 0.3) is 0 Å². The minimum absolute atomic E-state index is 0.0480. The van der Waals surface area contributed by atoms with Crippen LogP contribution in [0.4, 0.5) is 0 Å². The van der Waals surface area contributed by atoms with E-state index in [0.717, 1.165) is 38.8 Å². The molecule has 1 aliphatic rings. The van der Waals surface area contributed by atoms with Crippen molar-refractivity contribution in [3.63, 3.8) is 0 Å². The maximum atomic E-state index is 12.4. The molecule has 4 heteroatoms. The predicted octanol–water partition coefficient (Wildman–Crippen LogP) is 1.76. The van der Waals surface area contributed by atoms with Crippen LogP contribution in [0.3, 0.4) is 0 Å². The first-order chi connectivity index (χ1) is 10.0. The Kier molecular flexibility index (Phi) is 7.21. The van der Waals surface area contributed by atoms with Crippen LogP contribution in [0, 0.1) is 12.3 Å². The Bertz CT molecular complexity index is 371. The number of nitrogens with one attached hydrogen (secondary N) is 2. The zero-order chi connectivity index (χ0) is 15.9. The van der Waals surface area contributed by atoms with Crippen LogP contribution >= 0.6 is 0 Å². The molecular weight excluding hydrogens is 262 g/mol. The Morgan fingerprint density at radius 2 is 2.00 bits per heavy atom. The highest BCUT2D eigenvalue weighted by Crippen LogP contribution is 2.15. The molecule has 1 rings (SSSR count). The van der Waals surface area contributed by atoms with Crippen molar-refractivity contribution in [2.45, 2.75) is 71.0 Å². The minimum Gasteiger partial charge on any atom is -0.339 e. The lowest BCUT2D eigenvalue weighted by Gasteiger charge is -2.40. The second-order valence-electron chi connectivity index (χ2n) is 5.99. The molecule has 0 spiro atoms. The molecule has 0 aromatic heterocycles. The van der Waals surface area contributed by atoms with Crippen molar-refractivity contribution in [3.8, 4) is 12.3 Å². The molecule has 0 saturated carbocycles. The molecule has 0 aromatic rings. The van der Waals surface area contributed by atoms with E-state index in [4.69, 9.17) is 6.42 Å². The van der Waals surface area contributed by atoms with Crippen molar-refractivity contribution in [3.05, 3.63) is 0 Å². The van der Waals surface area contributed by atoms with Crippen LogP contribution in [0.2, 0.25) is 0 Å². The lowest BCUT2D eigenvalue weighted by atomic mass is 9.94. The van der Waals surface area contributed by atoms with Gasteiger partial charge in [0.2, 0.25) is 5.91 Å². The van der Waals surface area contributed by atoms with Crippen molar-refractivity contribution in [2.75, 3.05) is 19.6 Å². The van der Waals surface area contributed by atoms with Crippen LogP contribution in [-0.4, -0.2) is 48.1 Å². The Morgan fingerprint density at radius 1 is 1.33 bits per heavy atom. The summed E-state index contributed by atoms with van der Waals surface area (Å²) in [5, 5.41) is 6.62. The normalized spacial score (nSPS) is 23.6. The van der Waals surface area contributed by atoms with Crippen LogP contribution < -0.4 is 10.6 Å². The molecule has 1 saturated heterocycles. The quantitative estimate of drug-likeness (QED) is 0.703. The summed E-state index contributed by atoms with van der Waals surface area (Å²) in [5.74, 6) is 2.81. The van der Waals surface area contributed by atoms with E-state index in [-0.39, 0.29) is 5.91 Å². The predicted molar refractivity (Wildman–Crippen MR) is 88.0 cm³/mol. The second-order valence-corrected chi connectivity index (χ2v) is 5.99. The fourth-order valence-corrected chi connectivity index (χ4v) is 2.96. The zero-order valence-corrected chi connectivity index (χ0v) is 14.0. The van der Waals surface area contributed by atoms with E-state index in [1.807, 2.05) is 13.8 Å². The van der Waals surface area contributed by atoms with Crippen molar-refractivity contribution in [1.29, 1.82) is 0 Å². The lowest BCUT2D eigenvalue weighted by Crippen LogP contribution is -2.59. The van der Waals surface area contributed by atoms with Crippen LogP contribution in [-0.2, 0) is 4.79 Å². The van der Waals surface area contributed by atoms with Gasteiger partial charge in [-0.1, -0.05) is 33.6 Å². The van der Waals surface area contributed by atoms with Gasteiger partial charge in [0, 0.05) is 25.2 Å². The van der Waals surface area contributed by atoms with E-state index in [9.17, 15) is 4.79 Å². The third-order valence-electron chi connectivity index (χ3n) is 4.79. The highest BCUT2D eigenvalue weighted by atomic mass is 16.2. The maximum absolute atomic E-state index is 12.4. The van der Waals surface area contributed by atoms with Gasteiger partial charge in [0.1, 0.15) is 5.54 Å². The molecule has 1 amide bonds. The average Bonchev–Trinajstić information content (AvgIpc) is 2.52. The van der Waals surface area contributed by atoms with Crippen LogP contribution in [0.25, 0.3) is 0 Å². The highest BCUT2D eigenvalue weighted by molar-refractivity contribution is 5.79. The molecular formula is C17H31N3O. The molecule has 1 heterocycles. The zero-order valence-electron chi connectivity index (χ0n) is 14.0. The lowest BCUT2D eigenvalue weighted by molar-refractivity contribution is -0.124. The fraction of sp³-hybridized carbons (Fsp3) is 0.824. The minimum atomic E-state index is -0.489. The molecule has 2 atom stereocenters. The first kappa shape index (κ1) is 18.0. The van der Waals surface area contributed by atoms with Gasteiger partial charge in [0.15, 0.2) is 0 Å². The van der Waals surface area contributed by atoms with Crippen LogP contribution in [0.1, 0.15) is 53.4 Å². The Labute approximate surface area is 130 Å². The van der Waals surface area contributed by atoms with Crippen LogP contribution in [0.5, 0.6) is 0 Å². The maximum Gasteiger partial charge on any atom is 0.235 e. The molecule has 0 bridgehead atoms. The van der Waals surface area contributed by atoms with Gasteiger partial charge in [-0.25, -0.2) is 0 Å². The first-order valence-electron chi connectivity index (χ1n) is 8.30. The van der Waals surface area contributed by atoms with Gasteiger partial charge >= 0.3 is 0 Å². The van der Waals surface area contributed by atoms with Gasteiger partial charge in [0.05, 0.1) is 6.54 Å². The van der Waals surface area contributed by atoms with E-state index in [1.165, 1.54) is 0 Å². The molecule has 2 N–H and O–H groups in total. The second kappa shape index (κ2) is 8.41. The van der Waals surface area contributed by atoms with Crippen molar-refractivity contribution in [1.82, 2.24) is 15.5 Å². The van der Waals surface area contributed by atoms with Gasteiger partial charge in [-0.05, 0) is 25.7 Å². The number of hydrogen-bond acceptors (Lipinski definition) is 3. The SMILES string of the molecule is C#CC(CC)(CC)NC(=O)CN1CC(CC)NCC1CC. The molecule has 0 aromatic carbocycles. The van der Waals surface area contributed by atoms with Gasteiger partial charge in [-0.2, -0.15) is 0 Å². The summed E-state index contributed by atoms with van der Waals surface area (Å²) in [4.78, 5) is 14.7. The third-order valence-corrected chi connectivity index (χ3v) is 4.79. The summed E-state index contributed by atoms with van der Waals surface area (Å²) >= 11 is 0. The molecule has 1 aliphatic heterocycles. The van der Waals surface area contributed by atoms with E-state index in [0.29, 0.717) is 18.6 Å². The van der Waals surface area contributed by atoms with E-state index >= 15 is 0 Å². The molecule has 0 aliphatic carbocycles. The third kappa shape index (κ3) is 4.72. The van der Waals surface area contributed by atoms with Gasteiger partial charge < -0.3 is 10.6 Å². The highest BCUT2D eigenvalue weighted by Gasteiger charge is 2.30. The number of nitrogens with zero attached hydrogens (tertiary/aromatic N) is 1. The van der Waals surface area contributed by atoms with Crippen molar-refractivity contribution < 1.29 is 4.79 Å². The molecule has 120 valence electrons. The largest absolute Gasteiger partial charge is 0.339 e. The summed E-state index contributed by atoms with van der Waals surface area (Å²) in [6.45, 7) is 10.7. The van der Waals surface area contributed by atoms with Crippen LogP contribution in [0.15, 0.2) is 0 Å². The van der Waals surface area contributed by atoms with Gasteiger partial charge in [-0.15, -0.1) is 6.42 Å². The average molecular weight is 293 g/mol. The number of rotatable bonds is 7. The summed E-state index contributed by atoms with van der Waals surface area (Å²) in [5.41, 5.74) is -0.489. The monoisotopic (exact) mass is 293 g/mol. The molecule has 4 nitrogen and oxygen atoms in total. The smallest absolute Gasteiger partial charge is 0.235 e. The molecule has 1 fully saturated rings. The Morgan fingerprint density at radius 3 is 2.48 bits per heavy atom. The first-order valence-corrected chi connectivity index (χ1v) is 8.30. The van der Waals surface area contributed by atoms with E-state index in [1.54, 1.807) is 0 Å². The topological polar surface area (TPSA) is 44.4 Å². The van der Waals surface area contributed by atoms with Gasteiger partial charge in [-0.3, -0.25) is 9.69 Å². The Hall–Kier alpha value is -1.05. The fourth-order valence-electron chi connectivity index (χ4n) is 2.96. The summed E-state index contributed by atoms with van der Waals surface area (Å²) in [6.07, 6.45) is 9.30. The summed E-state index contributed by atoms with van der Waals surface area (Å²) in [7, 11) is 0.